The Bertz CT molecular complexity index is 854. The number of rotatable bonds is 4. The lowest BCUT2D eigenvalue weighted by molar-refractivity contribution is 0.102. The quantitative estimate of drug-likeness (QED) is 0.769. The van der Waals surface area contributed by atoms with Crippen molar-refractivity contribution in [3.8, 4) is 11.4 Å². The summed E-state index contributed by atoms with van der Waals surface area (Å²) in [4.78, 5) is 12.3. The highest BCUT2D eigenvalue weighted by atomic mass is 16.5. The molecule has 0 spiro atoms. The number of nitrogens with zero attached hydrogens (tertiary/aromatic N) is 3. The highest BCUT2D eigenvalue weighted by Crippen LogP contribution is 2.19. The number of anilines is 2. The summed E-state index contributed by atoms with van der Waals surface area (Å²) in [6, 6.07) is 14.6. The maximum Gasteiger partial charge on any atom is 0.280 e. The van der Waals surface area contributed by atoms with Crippen molar-refractivity contribution in [3.63, 3.8) is 0 Å². The van der Waals surface area contributed by atoms with Gasteiger partial charge < -0.3 is 15.8 Å². The van der Waals surface area contributed by atoms with Gasteiger partial charge in [-0.3, -0.25) is 4.79 Å². The van der Waals surface area contributed by atoms with Crippen molar-refractivity contribution in [1.29, 1.82) is 0 Å². The Morgan fingerprint density at radius 2 is 1.79 bits per heavy atom. The van der Waals surface area contributed by atoms with E-state index in [0.29, 0.717) is 11.4 Å². The number of nitrogens with one attached hydrogen (secondary N) is 1. The molecule has 0 bridgehead atoms. The SMILES string of the molecule is COc1ccc(-n2nnc(C(=O)Nc3ccc(C)cc3)c2N)cc1. The van der Waals surface area contributed by atoms with E-state index in [1.807, 2.05) is 31.2 Å². The van der Waals surface area contributed by atoms with Crippen LogP contribution in [-0.2, 0) is 0 Å². The number of carbonyl (C=O) groups excluding carboxylic acids is 1. The number of nitrogens with two attached hydrogens (primary N) is 1. The molecule has 7 heteroatoms. The maximum atomic E-state index is 12.3. The first-order valence-electron chi connectivity index (χ1n) is 7.32. The van der Waals surface area contributed by atoms with E-state index in [0.717, 1.165) is 11.3 Å². The second kappa shape index (κ2) is 6.41. The number of carbonyl (C=O) groups is 1. The molecule has 2 aromatic carbocycles. The van der Waals surface area contributed by atoms with E-state index in [-0.39, 0.29) is 11.5 Å². The third kappa shape index (κ3) is 3.05. The summed E-state index contributed by atoms with van der Waals surface area (Å²) in [5.74, 6) is 0.482. The van der Waals surface area contributed by atoms with Crippen molar-refractivity contribution in [2.24, 2.45) is 0 Å². The van der Waals surface area contributed by atoms with Gasteiger partial charge in [0.1, 0.15) is 5.75 Å². The predicted octanol–water partition coefficient (Wildman–Crippen LogP) is 2.42. The predicted molar refractivity (Wildman–Crippen MR) is 91.5 cm³/mol. The minimum Gasteiger partial charge on any atom is -0.497 e. The highest BCUT2D eigenvalue weighted by Gasteiger charge is 2.18. The maximum absolute atomic E-state index is 12.3. The molecule has 7 nitrogen and oxygen atoms in total. The van der Waals surface area contributed by atoms with Crippen molar-refractivity contribution < 1.29 is 9.53 Å². The number of methoxy groups -OCH3 is 1. The Hall–Kier alpha value is -3.35. The van der Waals surface area contributed by atoms with Crippen molar-refractivity contribution in [2.45, 2.75) is 6.92 Å². The number of amides is 1. The topological polar surface area (TPSA) is 95.1 Å². The Kier molecular flexibility index (Phi) is 4.15. The molecule has 0 atom stereocenters. The first kappa shape index (κ1) is 15.5. The number of nitrogen functional groups attached to an aromatic ring is 1. The van der Waals surface area contributed by atoms with Gasteiger partial charge in [-0.05, 0) is 43.3 Å². The molecule has 0 saturated heterocycles. The molecule has 122 valence electrons. The van der Waals surface area contributed by atoms with Crippen LogP contribution in [0.15, 0.2) is 48.5 Å². The van der Waals surface area contributed by atoms with E-state index >= 15 is 0 Å². The number of hydrogen-bond donors (Lipinski definition) is 2. The summed E-state index contributed by atoms with van der Waals surface area (Å²) < 4.78 is 6.52. The number of aromatic nitrogens is 3. The Balaban J connectivity index is 1.83. The molecule has 0 fully saturated rings. The van der Waals surface area contributed by atoms with Crippen LogP contribution in [0, 0.1) is 6.92 Å². The van der Waals surface area contributed by atoms with Crippen LogP contribution in [0.5, 0.6) is 5.75 Å². The molecule has 1 heterocycles. The van der Waals surface area contributed by atoms with Crippen molar-refractivity contribution >= 4 is 17.4 Å². The largest absolute Gasteiger partial charge is 0.497 e. The summed E-state index contributed by atoms with van der Waals surface area (Å²) in [5, 5.41) is 10.6. The number of aryl methyl sites for hydroxylation is 1. The van der Waals surface area contributed by atoms with Crippen molar-refractivity contribution in [3.05, 3.63) is 59.8 Å². The van der Waals surface area contributed by atoms with Gasteiger partial charge in [0.05, 0.1) is 12.8 Å². The number of hydrogen-bond acceptors (Lipinski definition) is 5. The van der Waals surface area contributed by atoms with Gasteiger partial charge >= 0.3 is 0 Å². The number of ether oxygens (including phenoxy) is 1. The molecule has 3 aromatic rings. The molecule has 0 aliphatic carbocycles. The molecule has 0 unspecified atom stereocenters. The van der Waals surface area contributed by atoms with Gasteiger partial charge in [-0.25, -0.2) is 0 Å². The molecule has 3 N–H and O–H groups in total. The van der Waals surface area contributed by atoms with Crippen LogP contribution >= 0.6 is 0 Å². The smallest absolute Gasteiger partial charge is 0.280 e. The van der Waals surface area contributed by atoms with Crippen LogP contribution < -0.4 is 15.8 Å². The fourth-order valence-corrected chi connectivity index (χ4v) is 2.19. The average molecular weight is 323 g/mol. The molecule has 0 aliphatic heterocycles. The zero-order chi connectivity index (χ0) is 17.1. The van der Waals surface area contributed by atoms with Gasteiger partial charge in [-0.2, -0.15) is 4.68 Å². The van der Waals surface area contributed by atoms with Crippen LogP contribution in [0.4, 0.5) is 11.5 Å². The minimum absolute atomic E-state index is 0.0754. The third-order valence-corrected chi connectivity index (χ3v) is 3.55. The van der Waals surface area contributed by atoms with E-state index in [9.17, 15) is 4.79 Å². The summed E-state index contributed by atoms with van der Waals surface area (Å²) in [6.07, 6.45) is 0. The van der Waals surface area contributed by atoms with E-state index < -0.39 is 5.91 Å². The standard InChI is InChI=1S/C17H17N5O2/c1-11-3-5-12(6-4-11)19-17(23)15-16(18)22(21-20-15)13-7-9-14(24-2)10-8-13/h3-10H,18H2,1-2H3,(H,19,23). The van der Waals surface area contributed by atoms with Crippen LogP contribution in [0.3, 0.4) is 0 Å². The minimum atomic E-state index is -0.406. The van der Waals surface area contributed by atoms with E-state index in [4.69, 9.17) is 10.5 Å². The van der Waals surface area contributed by atoms with Crippen LogP contribution in [0.25, 0.3) is 5.69 Å². The molecule has 0 radical (unpaired) electrons. The van der Waals surface area contributed by atoms with Gasteiger partial charge in [-0.1, -0.05) is 22.9 Å². The lowest BCUT2D eigenvalue weighted by atomic mass is 10.2. The average Bonchev–Trinajstić information content (AvgIpc) is 2.98. The van der Waals surface area contributed by atoms with Gasteiger partial charge in [0, 0.05) is 5.69 Å². The Morgan fingerprint density at radius 3 is 2.42 bits per heavy atom. The molecule has 1 aromatic heterocycles. The Labute approximate surface area is 139 Å². The van der Waals surface area contributed by atoms with Gasteiger partial charge in [0.15, 0.2) is 11.5 Å². The van der Waals surface area contributed by atoms with Crippen LogP contribution in [-0.4, -0.2) is 28.0 Å². The summed E-state index contributed by atoms with van der Waals surface area (Å²) in [6.45, 7) is 1.98. The second-order valence-corrected chi connectivity index (χ2v) is 5.25. The molecular formula is C17H17N5O2. The first-order chi connectivity index (χ1) is 11.6. The number of benzene rings is 2. The van der Waals surface area contributed by atoms with E-state index in [1.165, 1.54) is 4.68 Å². The van der Waals surface area contributed by atoms with Crippen LogP contribution in [0.2, 0.25) is 0 Å². The molecule has 3 rings (SSSR count). The summed E-state index contributed by atoms with van der Waals surface area (Å²) in [5.41, 5.74) is 8.58. The lowest BCUT2D eigenvalue weighted by Crippen LogP contribution is -2.15. The molecule has 0 saturated carbocycles. The Morgan fingerprint density at radius 1 is 1.12 bits per heavy atom. The molecule has 24 heavy (non-hydrogen) atoms. The van der Waals surface area contributed by atoms with Gasteiger partial charge in [0.25, 0.3) is 5.91 Å². The molecule has 1 amide bonds. The highest BCUT2D eigenvalue weighted by molar-refractivity contribution is 6.05. The molecular weight excluding hydrogens is 306 g/mol. The third-order valence-electron chi connectivity index (χ3n) is 3.55. The second-order valence-electron chi connectivity index (χ2n) is 5.25. The zero-order valence-corrected chi connectivity index (χ0v) is 13.4. The van der Waals surface area contributed by atoms with Gasteiger partial charge in [0.2, 0.25) is 0 Å². The van der Waals surface area contributed by atoms with E-state index in [2.05, 4.69) is 15.6 Å². The van der Waals surface area contributed by atoms with E-state index in [1.54, 1.807) is 31.4 Å². The lowest BCUT2D eigenvalue weighted by Gasteiger charge is -2.06. The fourth-order valence-electron chi connectivity index (χ4n) is 2.19. The first-order valence-corrected chi connectivity index (χ1v) is 7.32. The van der Waals surface area contributed by atoms with Crippen LogP contribution in [0.1, 0.15) is 16.1 Å². The summed E-state index contributed by atoms with van der Waals surface area (Å²) >= 11 is 0. The van der Waals surface area contributed by atoms with Crippen molar-refractivity contribution in [1.82, 2.24) is 15.0 Å². The monoisotopic (exact) mass is 323 g/mol. The van der Waals surface area contributed by atoms with Gasteiger partial charge in [-0.15, -0.1) is 5.10 Å². The summed E-state index contributed by atoms with van der Waals surface area (Å²) in [7, 11) is 1.59. The van der Waals surface area contributed by atoms with Crippen molar-refractivity contribution in [2.75, 3.05) is 18.2 Å². The zero-order valence-electron chi connectivity index (χ0n) is 13.4. The fraction of sp³-hybridized carbons (Fsp3) is 0.118. The normalized spacial score (nSPS) is 10.4. The molecule has 0 aliphatic rings.